The molecule has 2 aromatic carbocycles. The average molecular weight is 446 g/mol. The van der Waals surface area contributed by atoms with E-state index in [0.29, 0.717) is 29.8 Å². The molecule has 8 heteroatoms. The van der Waals surface area contributed by atoms with Gasteiger partial charge in [-0.2, -0.15) is 0 Å². The Morgan fingerprint density at radius 2 is 1.71 bits per heavy atom. The van der Waals surface area contributed by atoms with Crippen LogP contribution in [0.5, 0.6) is 0 Å². The summed E-state index contributed by atoms with van der Waals surface area (Å²) in [6.07, 6.45) is 0. The lowest BCUT2D eigenvalue weighted by Gasteiger charge is -2.38. The summed E-state index contributed by atoms with van der Waals surface area (Å²) in [6.45, 7) is 6.61. The summed E-state index contributed by atoms with van der Waals surface area (Å²) in [4.78, 5) is 13.9. The van der Waals surface area contributed by atoms with Crippen molar-refractivity contribution >= 4 is 16.0 Å². The van der Waals surface area contributed by atoms with Crippen LogP contribution in [0.3, 0.4) is 0 Å². The summed E-state index contributed by atoms with van der Waals surface area (Å²) < 4.78 is 33.6. The average Bonchev–Trinajstić information content (AvgIpc) is 2.72. The van der Waals surface area contributed by atoms with Gasteiger partial charge in [-0.25, -0.2) is 17.9 Å². The van der Waals surface area contributed by atoms with Gasteiger partial charge in [-0.05, 0) is 37.1 Å². The molecule has 2 aromatic rings. The number of sulfonamides is 1. The molecule has 168 valence electrons. The number of carbonyl (C=O) groups is 1. The molecule has 1 unspecified atom stereocenters. The zero-order valence-electron chi connectivity index (χ0n) is 18.2. The van der Waals surface area contributed by atoms with Gasteiger partial charge in [0.2, 0.25) is 10.0 Å². The van der Waals surface area contributed by atoms with E-state index < -0.39 is 16.0 Å². The van der Waals surface area contributed by atoms with E-state index in [9.17, 15) is 13.2 Å². The van der Waals surface area contributed by atoms with E-state index in [1.54, 1.807) is 24.3 Å². The molecule has 1 aliphatic rings. The van der Waals surface area contributed by atoms with Crippen LogP contribution >= 0.6 is 0 Å². The Balaban J connectivity index is 1.74. The van der Waals surface area contributed by atoms with Crippen LogP contribution in [0.1, 0.15) is 41.4 Å². The minimum absolute atomic E-state index is 0.161. The van der Waals surface area contributed by atoms with Crippen molar-refractivity contribution in [2.45, 2.75) is 37.7 Å². The van der Waals surface area contributed by atoms with Crippen molar-refractivity contribution in [3.63, 3.8) is 0 Å². The molecular weight excluding hydrogens is 414 g/mol. The highest BCUT2D eigenvalue weighted by Crippen LogP contribution is 2.19. The largest absolute Gasteiger partial charge is 0.465 e. The van der Waals surface area contributed by atoms with Crippen molar-refractivity contribution in [3.8, 4) is 0 Å². The molecule has 2 N–H and O–H groups in total. The third-order valence-corrected chi connectivity index (χ3v) is 6.69. The number of nitrogens with one attached hydrogen (secondary N) is 2. The van der Waals surface area contributed by atoms with E-state index >= 15 is 0 Å². The molecule has 7 nitrogen and oxygen atoms in total. The van der Waals surface area contributed by atoms with Crippen molar-refractivity contribution in [3.05, 3.63) is 71.3 Å². The molecule has 1 heterocycles. The van der Waals surface area contributed by atoms with Crippen molar-refractivity contribution in [2.75, 3.05) is 26.7 Å². The lowest BCUT2D eigenvalue weighted by Crippen LogP contribution is -2.55. The van der Waals surface area contributed by atoms with Crippen molar-refractivity contribution < 1.29 is 17.9 Å². The zero-order valence-corrected chi connectivity index (χ0v) is 19.1. The number of methoxy groups -OCH3 is 1. The highest BCUT2D eigenvalue weighted by molar-refractivity contribution is 7.88. The summed E-state index contributed by atoms with van der Waals surface area (Å²) in [5.74, 6) is -0.609. The number of hydrogen-bond acceptors (Lipinski definition) is 6. The summed E-state index contributed by atoms with van der Waals surface area (Å²) in [5, 5.41) is 3.51. The number of esters is 1. The molecule has 0 radical (unpaired) electrons. The van der Waals surface area contributed by atoms with Crippen LogP contribution in [-0.2, 0) is 20.5 Å². The highest BCUT2D eigenvalue weighted by atomic mass is 32.2. The molecule has 0 saturated carbocycles. The third kappa shape index (κ3) is 6.87. The van der Waals surface area contributed by atoms with E-state index in [2.05, 4.69) is 33.5 Å². The fourth-order valence-corrected chi connectivity index (χ4v) is 5.44. The van der Waals surface area contributed by atoms with Crippen LogP contribution in [0.2, 0.25) is 0 Å². The Labute approximate surface area is 184 Å². The molecule has 1 saturated heterocycles. The van der Waals surface area contributed by atoms with Crippen LogP contribution in [0.4, 0.5) is 0 Å². The topological polar surface area (TPSA) is 87.7 Å². The number of carbonyl (C=O) groups excluding carboxylic acids is 1. The molecule has 3 rings (SSSR count). The molecule has 0 amide bonds. The minimum Gasteiger partial charge on any atom is -0.465 e. The quantitative estimate of drug-likeness (QED) is 0.607. The number of nitrogens with zero attached hydrogens (tertiary/aromatic N) is 1. The van der Waals surface area contributed by atoms with Crippen LogP contribution in [0.25, 0.3) is 0 Å². The van der Waals surface area contributed by atoms with Gasteiger partial charge < -0.3 is 10.1 Å². The second-order valence-corrected chi connectivity index (χ2v) is 9.97. The third-order valence-electron chi connectivity index (χ3n) is 5.33. The number of piperazine rings is 1. The Hall–Kier alpha value is -2.26. The number of ether oxygens (including phenoxy) is 1. The van der Waals surface area contributed by atoms with E-state index in [1.807, 2.05) is 30.3 Å². The first-order chi connectivity index (χ1) is 14.8. The van der Waals surface area contributed by atoms with E-state index in [-0.39, 0.29) is 11.8 Å². The minimum atomic E-state index is -3.61. The smallest absolute Gasteiger partial charge is 0.337 e. The molecule has 0 aromatic heterocycles. The standard InChI is InChI=1S/C23H31N3O4S/c1-17-13-26(14-18(2)24-17)15-22(20-7-5-4-6-8-20)25-31(28,29)16-19-9-11-21(12-10-19)23(27)30-3/h4-12,17-18,22,24-25H,13-16H2,1-3H3/t17-,18+,22?. The number of hydrogen-bond donors (Lipinski definition) is 2. The fourth-order valence-electron chi connectivity index (χ4n) is 4.08. The van der Waals surface area contributed by atoms with Gasteiger partial charge in [0, 0.05) is 31.7 Å². The molecule has 31 heavy (non-hydrogen) atoms. The van der Waals surface area contributed by atoms with Crippen molar-refractivity contribution in [1.82, 2.24) is 14.9 Å². The van der Waals surface area contributed by atoms with Gasteiger partial charge in [0.1, 0.15) is 0 Å². The van der Waals surface area contributed by atoms with Crippen molar-refractivity contribution in [2.24, 2.45) is 0 Å². The summed E-state index contributed by atoms with van der Waals surface area (Å²) in [6, 6.07) is 16.5. The number of rotatable bonds is 8. The van der Waals surface area contributed by atoms with Crippen LogP contribution in [-0.4, -0.2) is 58.1 Å². The lowest BCUT2D eigenvalue weighted by molar-refractivity contribution is 0.0600. The lowest BCUT2D eigenvalue weighted by atomic mass is 10.1. The molecule has 0 spiro atoms. The van der Waals surface area contributed by atoms with E-state index in [4.69, 9.17) is 0 Å². The number of benzene rings is 2. The molecule has 1 aliphatic heterocycles. The van der Waals surface area contributed by atoms with E-state index in [1.165, 1.54) is 7.11 Å². The molecule has 3 atom stereocenters. The molecule has 1 fully saturated rings. The SMILES string of the molecule is COC(=O)c1ccc(CS(=O)(=O)NC(CN2C[C@@H](C)N[C@@H](C)C2)c2ccccc2)cc1. The molecular formula is C23H31N3O4S. The first-order valence-electron chi connectivity index (χ1n) is 10.5. The maximum absolute atomic E-state index is 13.0. The Kier molecular flexibility index (Phi) is 7.83. The summed E-state index contributed by atoms with van der Waals surface area (Å²) in [5.41, 5.74) is 1.93. The summed E-state index contributed by atoms with van der Waals surface area (Å²) >= 11 is 0. The van der Waals surface area contributed by atoms with Gasteiger partial charge in [0.15, 0.2) is 0 Å². The van der Waals surface area contributed by atoms with Crippen LogP contribution < -0.4 is 10.0 Å². The van der Waals surface area contributed by atoms with Gasteiger partial charge in [-0.3, -0.25) is 4.90 Å². The van der Waals surface area contributed by atoms with Gasteiger partial charge in [-0.1, -0.05) is 42.5 Å². The maximum Gasteiger partial charge on any atom is 0.337 e. The van der Waals surface area contributed by atoms with Gasteiger partial charge in [0.05, 0.1) is 24.5 Å². The Bertz CT molecular complexity index is 954. The van der Waals surface area contributed by atoms with Crippen LogP contribution in [0.15, 0.2) is 54.6 Å². The maximum atomic E-state index is 13.0. The highest BCUT2D eigenvalue weighted by Gasteiger charge is 2.26. The monoisotopic (exact) mass is 445 g/mol. The normalized spacial score (nSPS) is 20.9. The molecule has 0 bridgehead atoms. The van der Waals surface area contributed by atoms with Gasteiger partial charge >= 0.3 is 5.97 Å². The first kappa shape index (κ1) is 23.4. The molecule has 0 aliphatic carbocycles. The Morgan fingerprint density at radius 1 is 1.10 bits per heavy atom. The second kappa shape index (κ2) is 10.4. The predicted octanol–water partition coefficient (Wildman–Crippen LogP) is 2.32. The fraction of sp³-hybridized carbons (Fsp3) is 0.435. The van der Waals surface area contributed by atoms with Crippen LogP contribution in [0, 0.1) is 0 Å². The summed E-state index contributed by atoms with van der Waals surface area (Å²) in [7, 11) is -2.29. The van der Waals surface area contributed by atoms with E-state index in [0.717, 1.165) is 18.7 Å². The first-order valence-corrected chi connectivity index (χ1v) is 12.1. The Morgan fingerprint density at radius 3 is 2.29 bits per heavy atom. The van der Waals surface area contributed by atoms with Crippen molar-refractivity contribution in [1.29, 1.82) is 0 Å². The van der Waals surface area contributed by atoms with Gasteiger partial charge in [-0.15, -0.1) is 0 Å². The zero-order chi connectivity index (χ0) is 22.4. The van der Waals surface area contributed by atoms with Gasteiger partial charge in [0.25, 0.3) is 0 Å². The predicted molar refractivity (Wildman–Crippen MR) is 121 cm³/mol. The second-order valence-electron chi connectivity index (χ2n) is 8.22.